The quantitative estimate of drug-likeness (QED) is 0.483. The lowest BCUT2D eigenvalue weighted by atomic mass is 10.1. The van der Waals surface area contributed by atoms with Gasteiger partial charge >= 0.3 is 5.97 Å². The average molecular weight is 325 g/mol. The molecule has 0 amide bonds. The molecule has 0 aromatic heterocycles. The molecular weight excluding hydrogens is 308 g/mol. The van der Waals surface area contributed by atoms with E-state index in [1.54, 1.807) is 6.34 Å². The Bertz CT molecular complexity index is 582. The minimum absolute atomic E-state index is 0.158. The maximum absolute atomic E-state index is 11.9. The van der Waals surface area contributed by atoms with Crippen molar-refractivity contribution in [2.45, 2.75) is 11.7 Å². The van der Waals surface area contributed by atoms with Crippen LogP contribution in [0.4, 0.5) is 0 Å². The molecule has 6 heteroatoms. The first kappa shape index (κ1) is 15.9. The number of halogens is 1. The zero-order valence-electron chi connectivity index (χ0n) is 12.2. The number of hydrogen-bond donors (Lipinski definition) is 0. The number of aliphatic imine (C=N–C) groups is 1. The van der Waals surface area contributed by atoms with Crippen molar-refractivity contribution in [2.24, 2.45) is 4.99 Å². The third-order valence-electron chi connectivity index (χ3n) is 2.96. The molecule has 1 unspecified atom stereocenters. The van der Waals surface area contributed by atoms with Crippen LogP contribution in [0, 0.1) is 0 Å². The number of carbonyl (C=O) groups excluding carboxylic acids is 1. The van der Waals surface area contributed by atoms with Crippen molar-refractivity contribution < 1.29 is 9.53 Å². The van der Waals surface area contributed by atoms with E-state index in [9.17, 15) is 4.79 Å². The van der Waals surface area contributed by atoms with Crippen molar-refractivity contribution in [2.75, 3.05) is 21.2 Å². The summed E-state index contributed by atoms with van der Waals surface area (Å²) < 4.78 is 4.85. The first-order valence-corrected chi connectivity index (χ1v) is 7.71. The maximum Gasteiger partial charge on any atom is 0.346 e. The molecule has 21 heavy (non-hydrogen) atoms. The SMILES string of the molecule is COC(=O)C1=C(N=CN(C)C)CC(c2ccc(Cl)cc2)S1. The van der Waals surface area contributed by atoms with Gasteiger partial charge in [-0.15, -0.1) is 11.8 Å². The molecule has 1 aliphatic heterocycles. The highest BCUT2D eigenvalue weighted by molar-refractivity contribution is 8.04. The highest BCUT2D eigenvalue weighted by Gasteiger charge is 2.31. The number of methoxy groups -OCH3 is 1. The van der Waals surface area contributed by atoms with Crippen molar-refractivity contribution >= 4 is 35.7 Å². The number of allylic oxidation sites excluding steroid dienone is 1. The largest absolute Gasteiger partial charge is 0.465 e. The molecule has 0 bridgehead atoms. The summed E-state index contributed by atoms with van der Waals surface area (Å²) in [6.07, 6.45) is 2.39. The topological polar surface area (TPSA) is 41.9 Å². The molecule has 0 radical (unpaired) electrons. The number of nitrogens with zero attached hydrogens (tertiary/aromatic N) is 2. The highest BCUT2D eigenvalue weighted by Crippen LogP contribution is 2.48. The second-order valence-electron chi connectivity index (χ2n) is 4.84. The zero-order valence-corrected chi connectivity index (χ0v) is 13.7. The fraction of sp³-hybridized carbons (Fsp3) is 0.333. The van der Waals surface area contributed by atoms with E-state index in [2.05, 4.69) is 4.99 Å². The zero-order chi connectivity index (χ0) is 15.4. The average Bonchev–Trinajstić information content (AvgIpc) is 2.89. The lowest BCUT2D eigenvalue weighted by Crippen LogP contribution is -2.08. The molecule has 1 heterocycles. The molecule has 0 spiro atoms. The van der Waals surface area contributed by atoms with E-state index in [4.69, 9.17) is 16.3 Å². The first-order chi connectivity index (χ1) is 10.0. The van der Waals surface area contributed by atoms with Gasteiger partial charge in [0.15, 0.2) is 0 Å². The third kappa shape index (κ3) is 4.02. The Balaban J connectivity index is 2.22. The Labute approximate surface area is 133 Å². The number of ether oxygens (including phenoxy) is 1. The lowest BCUT2D eigenvalue weighted by Gasteiger charge is -2.09. The van der Waals surface area contributed by atoms with E-state index in [1.165, 1.54) is 18.9 Å². The summed E-state index contributed by atoms with van der Waals surface area (Å²) in [5, 5.41) is 0.861. The van der Waals surface area contributed by atoms with Crippen LogP contribution in [-0.4, -0.2) is 38.4 Å². The van der Waals surface area contributed by atoms with Crippen molar-refractivity contribution in [3.8, 4) is 0 Å². The van der Waals surface area contributed by atoms with Gasteiger partial charge in [-0.1, -0.05) is 23.7 Å². The highest BCUT2D eigenvalue weighted by atomic mass is 35.5. The van der Waals surface area contributed by atoms with E-state index in [-0.39, 0.29) is 11.2 Å². The predicted octanol–water partition coefficient (Wildman–Crippen LogP) is 3.49. The number of benzene rings is 1. The fourth-order valence-corrected chi connectivity index (χ4v) is 3.34. The fourth-order valence-electron chi connectivity index (χ4n) is 1.94. The van der Waals surface area contributed by atoms with Crippen molar-refractivity contribution in [3.63, 3.8) is 0 Å². The summed E-state index contributed by atoms with van der Waals surface area (Å²) in [7, 11) is 5.17. The molecule has 2 rings (SSSR count). The Morgan fingerprint density at radius 1 is 1.43 bits per heavy atom. The Morgan fingerprint density at radius 2 is 2.10 bits per heavy atom. The van der Waals surface area contributed by atoms with Crippen LogP contribution in [-0.2, 0) is 9.53 Å². The normalized spacial score (nSPS) is 18.4. The van der Waals surface area contributed by atoms with Gasteiger partial charge in [0.2, 0.25) is 0 Å². The van der Waals surface area contributed by atoms with Gasteiger partial charge in [0.05, 0.1) is 19.1 Å². The molecule has 112 valence electrons. The van der Waals surface area contributed by atoms with E-state index in [0.29, 0.717) is 16.3 Å². The van der Waals surface area contributed by atoms with Crippen LogP contribution in [0.1, 0.15) is 17.2 Å². The molecule has 0 saturated heterocycles. The van der Waals surface area contributed by atoms with Crippen molar-refractivity contribution in [1.29, 1.82) is 0 Å². The molecule has 1 aliphatic rings. The Morgan fingerprint density at radius 3 is 2.67 bits per heavy atom. The smallest absolute Gasteiger partial charge is 0.346 e. The van der Waals surface area contributed by atoms with Gasteiger partial charge in [-0.3, -0.25) is 0 Å². The summed E-state index contributed by atoms with van der Waals surface area (Å²) in [5.74, 6) is -0.331. The van der Waals surface area contributed by atoms with Gasteiger partial charge in [-0.05, 0) is 17.7 Å². The molecule has 0 aliphatic carbocycles. The summed E-state index contributed by atoms with van der Waals surface area (Å²) in [5.41, 5.74) is 1.89. The van der Waals surface area contributed by atoms with Crippen molar-refractivity contribution in [1.82, 2.24) is 4.90 Å². The molecular formula is C15H17ClN2O2S. The van der Waals surface area contributed by atoms with Crippen LogP contribution in [0.5, 0.6) is 0 Å². The minimum atomic E-state index is -0.331. The summed E-state index contributed by atoms with van der Waals surface area (Å²) in [4.78, 5) is 18.7. The van der Waals surface area contributed by atoms with Crippen LogP contribution >= 0.6 is 23.4 Å². The maximum atomic E-state index is 11.9. The lowest BCUT2D eigenvalue weighted by molar-refractivity contribution is -0.135. The van der Waals surface area contributed by atoms with Gasteiger partial charge < -0.3 is 9.64 Å². The molecule has 4 nitrogen and oxygen atoms in total. The number of esters is 1. The van der Waals surface area contributed by atoms with Gasteiger partial charge in [-0.2, -0.15) is 0 Å². The summed E-state index contributed by atoms with van der Waals surface area (Å²) in [6.45, 7) is 0. The van der Waals surface area contributed by atoms with E-state index >= 15 is 0 Å². The van der Waals surface area contributed by atoms with Crippen LogP contribution in [0.3, 0.4) is 0 Å². The molecule has 1 atom stereocenters. The molecule has 0 N–H and O–H groups in total. The molecule has 1 aromatic carbocycles. The van der Waals surface area contributed by atoms with Crippen LogP contribution < -0.4 is 0 Å². The number of carbonyl (C=O) groups is 1. The van der Waals surface area contributed by atoms with Crippen LogP contribution in [0.15, 0.2) is 39.9 Å². The molecule has 0 fully saturated rings. The monoisotopic (exact) mass is 324 g/mol. The van der Waals surface area contributed by atoms with Gasteiger partial charge in [-0.25, -0.2) is 9.79 Å². The number of rotatable bonds is 4. The molecule has 0 saturated carbocycles. The van der Waals surface area contributed by atoms with E-state index in [0.717, 1.165) is 11.3 Å². The van der Waals surface area contributed by atoms with E-state index in [1.807, 2.05) is 43.3 Å². The second kappa shape index (κ2) is 7.00. The van der Waals surface area contributed by atoms with Crippen LogP contribution in [0.2, 0.25) is 5.02 Å². The minimum Gasteiger partial charge on any atom is -0.465 e. The summed E-state index contributed by atoms with van der Waals surface area (Å²) >= 11 is 7.40. The first-order valence-electron chi connectivity index (χ1n) is 6.45. The van der Waals surface area contributed by atoms with Gasteiger partial charge in [0.25, 0.3) is 0 Å². The third-order valence-corrected chi connectivity index (χ3v) is 4.57. The van der Waals surface area contributed by atoms with Crippen LogP contribution in [0.25, 0.3) is 0 Å². The van der Waals surface area contributed by atoms with Gasteiger partial charge in [0, 0.05) is 30.8 Å². The standard InChI is InChI=1S/C15H17ClN2O2S/c1-18(2)9-17-12-8-13(21-14(12)15(19)20-3)10-4-6-11(16)7-5-10/h4-7,9,13H,8H2,1-3H3. The second-order valence-corrected chi connectivity index (χ2v) is 6.49. The van der Waals surface area contributed by atoms with Gasteiger partial charge in [0.1, 0.15) is 4.91 Å². The number of thioether (sulfide) groups is 1. The molecule has 1 aromatic rings. The Hall–Kier alpha value is -1.46. The predicted molar refractivity (Wildman–Crippen MR) is 87.6 cm³/mol. The van der Waals surface area contributed by atoms with Crippen molar-refractivity contribution in [3.05, 3.63) is 45.5 Å². The summed E-state index contributed by atoms with van der Waals surface area (Å²) in [6, 6.07) is 7.67. The number of hydrogen-bond acceptors (Lipinski definition) is 4. The van der Waals surface area contributed by atoms with E-state index < -0.39 is 0 Å². The Kier molecular flexibility index (Phi) is 5.31.